The van der Waals surface area contributed by atoms with E-state index >= 15 is 0 Å². The summed E-state index contributed by atoms with van der Waals surface area (Å²) >= 11 is 0. The van der Waals surface area contributed by atoms with E-state index in [1.54, 1.807) is 14.0 Å². The zero-order chi connectivity index (χ0) is 29.9. The van der Waals surface area contributed by atoms with Crippen molar-refractivity contribution in [2.24, 2.45) is 22.7 Å². The van der Waals surface area contributed by atoms with Crippen LogP contribution in [0.15, 0.2) is 12.2 Å². The molecule has 40 heavy (non-hydrogen) atoms. The Labute approximate surface area is 243 Å². The molecule has 4 rings (SSSR count). The Morgan fingerprint density at radius 2 is 1.60 bits per heavy atom. The molecule has 0 unspecified atom stereocenters. The van der Waals surface area contributed by atoms with Crippen LogP contribution in [0, 0.1) is 22.7 Å². The Morgan fingerprint density at radius 1 is 0.950 bits per heavy atom. The third kappa shape index (κ3) is 5.41. The summed E-state index contributed by atoms with van der Waals surface area (Å²) in [6.07, 6.45) is 0.987. The van der Waals surface area contributed by atoms with Gasteiger partial charge in [-0.3, -0.25) is 0 Å². The predicted octanol–water partition coefficient (Wildman–Crippen LogP) is 5.10. The van der Waals surface area contributed by atoms with Gasteiger partial charge in [0.1, 0.15) is 30.9 Å². The first-order valence-electron chi connectivity index (χ1n) is 15.1. The highest BCUT2D eigenvalue weighted by Gasteiger charge is 2.75. The maximum absolute atomic E-state index is 12.9. The molecule has 0 aromatic rings. The van der Waals surface area contributed by atoms with Gasteiger partial charge in [0.2, 0.25) is 0 Å². The van der Waals surface area contributed by atoms with Crippen molar-refractivity contribution in [3.8, 4) is 0 Å². The first-order chi connectivity index (χ1) is 18.3. The van der Waals surface area contributed by atoms with Gasteiger partial charge < -0.3 is 38.6 Å². The van der Waals surface area contributed by atoms with Crippen LogP contribution in [0.3, 0.4) is 0 Å². The lowest BCUT2D eigenvalue weighted by atomic mass is 9.44. The van der Waals surface area contributed by atoms with E-state index in [1.807, 2.05) is 13.8 Å². The molecule has 0 aromatic carbocycles. The molecule has 8 nitrogen and oxygen atoms in total. The molecule has 1 saturated heterocycles. The third-order valence-electron chi connectivity index (χ3n) is 10.9. The molecule has 1 aliphatic heterocycles. The second kappa shape index (κ2) is 11.0. The minimum atomic E-state index is -1.65. The van der Waals surface area contributed by atoms with Crippen LogP contribution in [0.25, 0.3) is 0 Å². The molecule has 232 valence electrons. The van der Waals surface area contributed by atoms with Crippen molar-refractivity contribution < 1.29 is 38.6 Å². The molecule has 4 aliphatic rings. The van der Waals surface area contributed by atoms with E-state index in [4.69, 9.17) is 28.4 Å². The molecular formula is C31H56O8Si. The lowest BCUT2D eigenvalue weighted by Gasteiger charge is -2.66. The van der Waals surface area contributed by atoms with Crippen LogP contribution in [-0.2, 0) is 28.4 Å². The maximum atomic E-state index is 12.9. The number of methoxy groups -OCH3 is 1. The maximum Gasteiger partial charge on any atom is 0.163 e. The normalized spacial score (nSPS) is 44.5. The van der Waals surface area contributed by atoms with Crippen molar-refractivity contribution >= 4 is 8.07 Å². The topological polar surface area (TPSA) is 95.8 Å². The summed E-state index contributed by atoms with van der Waals surface area (Å²) in [5.41, 5.74) is -3.30. The van der Waals surface area contributed by atoms with Gasteiger partial charge in [-0.05, 0) is 69.9 Å². The van der Waals surface area contributed by atoms with E-state index < -0.39 is 48.8 Å². The zero-order valence-corrected chi connectivity index (χ0v) is 27.7. The van der Waals surface area contributed by atoms with Gasteiger partial charge in [0.15, 0.2) is 5.79 Å². The molecule has 0 amide bonds. The highest BCUT2D eigenvalue weighted by atomic mass is 28.3. The predicted molar refractivity (Wildman–Crippen MR) is 156 cm³/mol. The second-order valence-corrected chi connectivity index (χ2v) is 21.1. The van der Waals surface area contributed by atoms with Crippen molar-refractivity contribution in [1.82, 2.24) is 0 Å². The largest absolute Gasteiger partial charge is 0.384 e. The van der Waals surface area contributed by atoms with E-state index in [0.717, 1.165) is 30.9 Å². The third-order valence-corrected chi connectivity index (χ3v) is 12.6. The fourth-order valence-corrected chi connectivity index (χ4v) is 8.98. The van der Waals surface area contributed by atoms with Crippen LogP contribution in [0.4, 0.5) is 0 Å². The fraction of sp³-hybridized carbons (Fsp3) is 0.935. The van der Waals surface area contributed by atoms with Gasteiger partial charge in [-0.15, -0.1) is 0 Å². The molecular weight excluding hydrogens is 528 g/mol. The summed E-state index contributed by atoms with van der Waals surface area (Å²) in [4.78, 5) is 0. The van der Waals surface area contributed by atoms with Gasteiger partial charge in [-0.1, -0.05) is 47.0 Å². The Bertz CT molecular complexity index is 929. The Hall–Kier alpha value is -0.363. The van der Waals surface area contributed by atoms with E-state index in [1.165, 1.54) is 0 Å². The molecule has 2 N–H and O–H groups in total. The molecule has 2 bridgehead atoms. The smallest absolute Gasteiger partial charge is 0.163 e. The highest BCUT2D eigenvalue weighted by Crippen LogP contribution is 2.66. The molecule has 4 fully saturated rings. The van der Waals surface area contributed by atoms with Crippen molar-refractivity contribution in [3.63, 3.8) is 0 Å². The van der Waals surface area contributed by atoms with Crippen LogP contribution in [0.2, 0.25) is 25.7 Å². The number of hydrogen-bond acceptors (Lipinski definition) is 8. The summed E-state index contributed by atoms with van der Waals surface area (Å²) in [5.74, 6) is -0.845. The van der Waals surface area contributed by atoms with Crippen LogP contribution in [0.1, 0.15) is 67.2 Å². The molecule has 9 atom stereocenters. The Balaban J connectivity index is 1.72. The van der Waals surface area contributed by atoms with Gasteiger partial charge in [-0.2, -0.15) is 0 Å². The number of rotatable bonds is 9. The van der Waals surface area contributed by atoms with E-state index in [2.05, 4.69) is 47.0 Å². The summed E-state index contributed by atoms with van der Waals surface area (Å²) in [7, 11) is 0.396. The first kappa shape index (κ1) is 32.5. The van der Waals surface area contributed by atoms with Crippen molar-refractivity contribution in [1.29, 1.82) is 0 Å². The van der Waals surface area contributed by atoms with E-state index in [0.29, 0.717) is 13.0 Å². The van der Waals surface area contributed by atoms with Gasteiger partial charge >= 0.3 is 0 Å². The number of aliphatic hydroxyl groups is 2. The van der Waals surface area contributed by atoms with Gasteiger partial charge in [-0.25, -0.2) is 0 Å². The van der Waals surface area contributed by atoms with Crippen molar-refractivity contribution in [2.75, 3.05) is 27.3 Å². The van der Waals surface area contributed by atoms with Crippen molar-refractivity contribution in [2.45, 2.75) is 134 Å². The average molecular weight is 585 g/mol. The first-order valence-corrected chi connectivity index (χ1v) is 18.8. The molecule has 0 spiro atoms. The van der Waals surface area contributed by atoms with Crippen LogP contribution in [0.5, 0.6) is 0 Å². The van der Waals surface area contributed by atoms with E-state index in [9.17, 15) is 10.2 Å². The van der Waals surface area contributed by atoms with Crippen molar-refractivity contribution in [3.05, 3.63) is 12.2 Å². The number of ether oxygens (including phenoxy) is 6. The van der Waals surface area contributed by atoms with Crippen LogP contribution in [-0.4, -0.2) is 87.0 Å². The van der Waals surface area contributed by atoms with E-state index in [-0.39, 0.29) is 36.9 Å². The summed E-state index contributed by atoms with van der Waals surface area (Å²) in [6, 6.07) is 1.04. The van der Waals surface area contributed by atoms with Crippen LogP contribution < -0.4 is 0 Å². The summed E-state index contributed by atoms with van der Waals surface area (Å²) in [5, 5.41) is 25.3. The summed E-state index contributed by atoms with van der Waals surface area (Å²) < 4.78 is 36.8. The molecule has 1 heterocycles. The monoisotopic (exact) mass is 584 g/mol. The van der Waals surface area contributed by atoms with Crippen LogP contribution >= 0.6 is 0 Å². The number of hydrogen-bond donors (Lipinski definition) is 2. The zero-order valence-electron chi connectivity index (χ0n) is 26.7. The minimum absolute atomic E-state index is 0.0141. The molecule has 9 heteroatoms. The quantitative estimate of drug-likeness (QED) is 0.167. The molecule has 3 aliphatic carbocycles. The van der Waals surface area contributed by atoms with Gasteiger partial charge in [0.05, 0.1) is 18.3 Å². The van der Waals surface area contributed by atoms with Gasteiger partial charge in [0, 0.05) is 32.6 Å². The standard InChI is InChI=1S/C31H56O8Si/c1-20-22-16-21-17-24(37-19-35-14-15-40(9,10)11)30(7,32)31(33,27(21,2)3)26-25(38-28(4,5)39-26)29(22,6)13-12-23(20)36-18-34-8/h21-26,32-33H,1,12-19H2,2-11H3/t21-,22-,23+,24-,25+,26+,29-,30-,31+/m1/s1. The van der Waals surface area contributed by atoms with Gasteiger partial charge in [0.25, 0.3) is 0 Å². The molecule has 0 aromatic heterocycles. The fourth-order valence-electron chi connectivity index (χ4n) is 8.22. The Kier molecular flexibility index (Phi) is 8.93. The minimum Gasteiger partial charge on any atom is -0.384 e. The summed E-state index contributed by atoms with van der Waals surface area (Å²) in [6.45, 7) is 24.3. The second-order valence-electron chi connectivity index (χ2n) is 15.5. The lowest BCUT2D eigenvalue weighted by molar-refractivity contribution is -0.338. The molecule has 3 saturated carbocycles. The average Bonchev–Trinajstić information content (AvgIpc) is 3.17. The number of fused-ring (bicyclic) bond motifs is 6. The lowest BCUT2D eigenvalue weighted by Crippen LogP contribution is -2.79. The Morgan fingerprint density at radius 3 is 2.23 bits per heavy atom. The SMILES string of the molecule is C=C1[C@@H](OCOC)CC[C@]2(C)[C@@H]1C[C@@H]1C[C@@H](OCOCC[Si](C)(C)C)[C@@](C)(O)[C@](O)([C@H]3OC(C)(C)O[C@@H]32)C1(C)C. The highest BCUT2D eigenvalue weighted by molar-refractivity contribution is 6.76. The molecule has 0 radical (unpaired) electrons.